The van der Waals surface area contributed by atoms with Gasteiger partial charge in [-0.1, -0.05) is 24.1 Å². The van der Waals surface area contributed by atoms with Crippen molar-refractivity contribution in [3.8, 4) is 11.8 Å². The molecule has 15 heavy (non-hydrogen) atoms. The van der Waals surface area contributed by atoms with Crippen LogP contribution < -0.4 is 0 Å². The SMILES string of the molecule is CC1=CC(C#Cc2ccccc2)OC=C1. The minimum atomic E-state index is -0.116. The number of benzene rings is 1. The van der Waals surface area contributed by atoms with E-state index < -0.39 is 0 Å². The third-order valence-corrected chi connectivity index (χ3v) is 2.10. The molecule has 0 spiro atoms. The van der Waals surface area contributed by atoms with Crippen molar-refractivity contribution in [1.82, 2.24) is 0 Å². The molecule has 74 valence electrons. The van der Waals surface area contributed by atoms with E-state index in [2.05, 4.69) is 11.8 Å². The van der Waals surface area contributed by atoms with Crippen LogP contribution in [0.4, 0.5) is 0 Å². The lowest BCUT2D eigenvalue weighted by Crippen LogP contribution is -2.06. The Morgan fingerprint density at radius 2 is 2.00 bits per heavy atom. The molecule has 1 heterocycles. The predicted molar refractivity (Wildman–Crippen MR) is 61.1 cm³/mol. The first-order chi connectivity index (χ1) is 7.34. The zero-order chi connectivity index (χ0) is 10.5. The zero-order valence-corrected chi connectivity index (χ0v) is 8.60. The Morgan fingerprint density at radius 1 is 1.20 bits per heavy atom. The highest BCUT2D eigenvalue weighted by Crippen LogP contribution is 2.08. The molecule has 1 aromatic carbocycles. The highest BCUT2D eigenvalue weighted by Gasteiger charge is 2.03. The van der Waals surface area contributed by atoms with Gasteiger partial charge in [0.05, 0.1) is 6.26 Å². The van der Waals surface area contributed by atoms with Crippen LogP contribution in [0, 0.1) is 11.8 Å². The minimum Gasteiger partial charge on any atom is -0.481 e. The van der Waals surface area contributed by atoms with Crippen LogP contribution >= 0.6 is 0 Å². The van der Waals surface area contributed by atoms with Gasteiger partial charge >= 0.3 is 0 Å². The van der Waals surface area contributed by atoms with Crippen molar-refractivity contribution in [3.63, 3.8) is 0 Å². The summed E-state index contributed by atoms with van der Waals surface area (Å²) < 4.78 is 5.34. The van der Waals surface area contributed by atoms with E-state index in [-0.39, 0.29) is 6.10 Å². The largest absolute Gasteiger partial charge is 0.481 e. The Balaban J connectivity index is 2.10. The molecular formula is C14H12O. The number of rotatable bonds is 0. The van der Waals surface area contributed by atoms with Crippen molar-refractivity contribution in [1.29, 1.82) is 0 Å². The van der Waals surface area contributed by atoms with Gasteiger partial charge in [0, 0.05) is 5.56 Å². The minimum absolute atomic E-state index is 0.116. The normalized spacial score (nSPS) is 18.5. The molecule has 1 nitrogen and oxygen atoms in total. The lowest BCUT2D eigenvalue weighted by Gasteiger charge is -2.10. The topological polar surface area (TPSA) is 9.23 Å². The van der Waals surface area contributed by atoms with Gasteiger partial charge < -0.3 is 4.74 Å². The smallest absolute Gasteiger partial charge is 0.177 e. The fraction of sp³-hybridized carbons (Fsp3) is 0.143. The third-order valence-electron chi connectivity index (χ3n) is 2.10. The second-order valence-electron chi connectivity index (χ2n) is 3.41. The van der Waals surface area contributed by atoms with E-state index in [1.54, 1.807) is 6.26 Å². The molecule has 0 aliphatic carbocycles. The summed E-state index contributed by atoms with van der Waals surface area (Å²) in [7, 11) is 0. The zero-order valence-electron chi connectivity index (χ0n) is 8.60. The fourth-order valence-electron chi connectivity index (χ4n) is 1.32. The molecule has 0 aromatic heterocycles. The number of allylic oxidation sites excluding steroid dienone is 2. The van der Waals surface area contributed by atoms with Crippen molar-refractivity contribution in [2.75, 3.05) is 0 Å². The third kappa shape index (κ3) is 2.75. The van der Waals surface area contributed by atoms with Crippen molar-refractivity contribution in [3.05, 3.63) is 59.9 Å². The average Bonchev–Trinajstić information content (AvgIpc) is 2.28. The summed E-state index contributed by atoms with van der Waals surface area (Å²) in [4.78, 5) is 0. The molecule has 0 radical (unpaired) electrons. The van der Waals surface area contributed by atoms with Crippen LogP contribution in [-0.2, 0) is 4.74 Å². The van der Waals surface area contributed by atoms with E-state index in [4.69, 9.17) is 4.74 Å². The monoisotopic (exact) mass is 196 g/mol. The number of hydrogen-bond acceptors (Lipinski definition) is 1. The molecule has 0 amide bonds. The van der Waals surface area contributed by atoms with Gasteiger partial charge in [-0.2, -0.15) is 0 Å². The highest BCUT2D eigenvalue weighted by atomic mass is 16.5. The molecule has 1 aromatic rings. The maximum Gasteiger partial charge on any atom is 0.177 e. The van der Waals surface area contributed by atoms with Crippen LogP contribution in [0.25, 0.3) is 0 Å². The van der Waals surface area contributed by atoms with Crippen LogP contribution in [0.5, 0.6) is 0 Å². The van der Waals surface area contributed by atoms with E-state index in [1.807, 2.05) is 49.4 Å². The molecule has 0 saturated heterocycles. The lowest BCUT2D eigenvalue weighted by molar-refractivity contribution is 0.230. The van der Waals surface area contributed by atoms with E-state index >= 15 is 0 Å². The van der Waals surface area contributed by atoms with Gasteiger partial charge in [-0.15, -0.1) is 0 Å². The van der Waals surface area contributed by atoms with E-state index in [9.17, 15) is 0 Å². The van der Waals surface area contributed by atoms with Gasteiger partial charge in [-0.25, -0.2) is 0 Å². The van der Waals surface area contributed by atoms with Crippen molar-refractivity contribution >= 4 is 0 Å². The molecule has 0 bridgehead atoms. The van der Waals surface area contributed by atoms with Crippen LogP contribution in [0.15, 0.2) is 54.3 Å². The van der Waals surface area contributed by atoms with Crippen molar-refractivity contribution < 1.29 is 4.74 Å². The van der Waals surface area contributed by atoms with Gasteiger partial charge in [0.15, 0.2) is 6.10 Å². The van der Waals surface area contributed by atoms with Gasteiger partial charge in [-0.3, -0.25) is 0 Å². The molecule has 0 N–H and O–H groups in total. The maximum atomic E-state index is 5.34. The first kappa shape index (κ1) is 9.61. The molecule has 0 saturated carbocycles. The fourth-order valence-corrected chi connectivity index (χ4v) is 1.32. The molecule has 1 heteroatoms. The van der Waals surface area contributed by atoms with Gasteiger partial charge in [0.2, 0.25) is 0 Å². The van der Waals surface area contributed by atoms with Gasteiger partial charge in [0.25, 0.3) is 0 Å². The van der Waals surface area contributed by atoms with E-state index in [0.717, 1.165) is 5.56 Å². The summed E-state index contributed by atoms with van der Waals surface area (Å²) in [6.45, 7) is 2.04. The summed E-state index contributed by atoms with van der Waals surface area (Å²) in [5.41, 5.74) is 2.20. The second kappa shape index (κ2) is 4.52. The quantitative estimate of drug-likeness (QED) is 0.580. The molecule has 1 aliphatic heterocycles. The summed E-state index contributed by atoms with van der Waals surface area (Å²) in [6.07, 6.45) is 5.52. The van der Waals surface area contributed by atoms with Crippen LogP contribution in [0.3, 0.4) is 0 Å². The Kier molecular flexibility index (Phi) is 2.90. The maximum absolute atomic E-state index is 5.34. The lowest BCUT2D eigenvalue weighted by atomic mass is 10.1. The Bertz CT molecular complexity index is 443. The molecule has 2 rings (SSSR count). The summed E-state index contributed by atoms with van der Waals surface area (Å²) in [5, 5.41) is 0. The van der Waals surface area contributed by atoms with E-state index in [1.165, 1.54) is 5.57 Å². The highest BCUT2D eigenvalue weighted by molar-refractivity contribution is 5.36. The number of ether oxygens (including phenoxy) is 1. The predicted octanol–water partition coefficient (Wildman–Crippen LogP) is 2.90. The first-order valence-electron chi connectivity index (χ1n) is 4.91. The average molecular weight is 196 g/mol. The van der Waals surface area contributed by atoms with Crippen molar-refractivity contribution in [2.24, 2.45) is 0 Å². The molecule has 1 atom stereocenters. The summed E-state index contributed by atoms with van der Waals surface area (Å²) in [5.74, 6) is 6.15. The molecule has 1 aliphatic rings. The van der Waals surface area contributed by atoms with Gasteiger partial charge in [0.1, 0.15) is 0 Å². The van der Waals surface area contributed by atoms with Crippen LogP contribution in [0.2, 0.25) is 0 Å². The standard InChI is InChI=1S/C14H12O/c1-12-9-10-15-14(11-12)8-7-13-5-3-2-4-6-13/h2-6,9-11,14H,1H3. The Hall–Kier alpha value is -1.94. The van der Waals surface area contributed by atoms with E-state index in [0.29, 0.717) is 0 Å². The number of hydrogen-bond donors (Lipinski definition) is 0. The molecular weight excluding hydrogens is 184 g/mol. The van der Waals surface area contributed by atoms with Crippen LogP contribution in [0.1, 0.15) is 12.5 Å². The molecule has 1 unspecified atom stereocenters. The summed E-state index contributed by atoms with van der Waals surface area (Å²) >= 11 is 0. The Labute approximate surface area is 90.1 Å². The Morgan fingerprint density at radius 3 is 2.73 bits per heavy atom. The second-order valence-corrected chi connectivity index (χ2v) is 3.41. The first-order valence-corrected chi connectivity index (χ1v) is 4.91. The summed E-state index contributed by atoms with van der Waals surface area (Å²) in [6, 6.07) is 9.92. The van der Waals surface area contributed by atoms with Crippen LogP contribution in [-0.4, -0.2) is 6.10 Å². The molecule has 0 fully saturated rings. The van der Waals surface area contributed by atoms with Crippen molar-refractivity contribution in [2.45, 2.75) is 13.0 Å². The van der Waals surface area contributed by atoms with Gasteiger partial charge in [-0.05, 0) is 42.7 Å².